The van der Waals surface area contributed by atoms with Crippen molar-refractivity contribution in [2.24, 2.45) is 5.92 Å². The van der Waals surface area contributed by atoms with Gasteiger partial charge in [0.15, 0.2) is 0 Å². The summed E-state index contributed by atoms with van der Waals surface area (Å²) in [6.07, 6.45) is 13.6. The van der Waals surface area contributed by atoms with E-state index in [1.807, 2.05) is 0 Å². The molecule has 0 bridgehead atoms. The van der Waals surface area contributed by atoms with Gasteiger partial charge >= 0.3 is 0 Å². The van der Waals surface area contributed by atoms with E-state index in [1.54, 1.807) is 0 Å². The van der Waals surface area contributed by atoms with Gasteiger partial charge in [0, 0.05) is 18.7 Å². The van der Waals surface area contributed by atoms with E-state index in [-0.39, 0.29) is 0 Å². The fourth-order valence-electron chi connectivity index (χ4n) is 4.31. The maximum atomic E-state index is 6.03. The van der Waals surface area contributed by atoms with Crippen LogP contribution in [0.1, 0.15) is 71.1 Å². The lowest BCUT2D eigenvalue weighted by Gasteiger charge is -2.48. The maximum absolute atomic E-state index is 6.03. The molecule has 104 valence electrons. The average Bonchev–Trinajstić information content (AvgIpc) is 2.38. The molecule has 1 saturated heterocycles. The van der Waals surface area contributed by atoms with Crippen molar-refractivity contribution in [1.82, 2.24) is 5.32 Å². The van der Waals surface area contributed by atoms with Gasteiger partial charge in [-0.25, -0.2) is 0 Å². The molecule has 2 nitrogen and oxygen atoms in total. The topological polar surface area (TPSA) is 21.3 Å². The second kappa shape index (κ2) is 5.50. The first kappa shape index (κ1) is 12.9. The first-order valence-electron chi connectivity index (χ1n) is 8.21. The molecular formula is C16H29NO. The van der Waals surface area contributed by atoms with Crippen LogP contribution in [-0.2, 0) is 4.74 Å². The Morgan fingerprint density at radius 2 is 1.94 bits per heavy atom. The molecule has 0 aromatic rings. The van der Waals surface area contributed by atoms with E-state index in [4.69, 9.17) is 4.74 Å². The van der Waals surface area contributed by atoms with Crippen LogP contribution in [-0.4, -0.2) is 24.3 Å². The van der Waals surface area contributed by atoms with Crippen molar-refractivity contribution in [3.05, 3.63) is 0 Å². The molecule has 3 unspecified atom stereocenters. The number of ether oxygens (including phenoxy) is 1. The SMILES string of the molecule is CCC1CCCCC1NC1CCOC2(CCC2)C1. The highest BCUT2D eigenvalue weighted by atomic mass is 16.5. The summed E-state index contributed by atoms with van der Waals surface area (Å²) < 4.78 is 6.03. The highest BCUT2D eigenvalue weighted by Gasteiger charge is 2.43. The second-order valence-electron chi connectivity index (χ2n) is 6.80. The molecule has 1 spiro atoms. The van der Waals surface area contributed by atoms with Gasteiger partial charge in [-0.1, -0.05) is 26.2 Å². The van der Waals surface area contributed by atoms with Crippen LogP contribution in [0.4, 0.5) is 0 Å². The Bertz CT molecular complexity index is 274. The monoisotopic (exact) mass is 251 g/mol. The molecule has 0 amide bonds. The zero-order chi connectivity index (χ0) is 12.4. The Kier molecular flexibility index (Phi) is 3.95. The van der Waals surface area contributed by atoms with Gasteiger partial charge in [0.2, 0.25) is 0 Å². The quantitative estimate of drug-likeness (QED) is 0.826. The Morgan fingerprint density at radius 3 is 2.67 bits per heavy atom. The highest BCUT2D eigenvalue weighted by Crippen LogP contribution is 2.42. The normalized spacial score (nSPS) is 39.5. The van der Waals surface area contributed by atoms with Crippen LogP contribution in [0.5, 0.6) is 0 Å². The second-order valence-corrected chi connectivity index (χ2v) is 6.80. The molecule has 2 saturated carbocycles. The van der Waals surface area contributed by atoms with Crippen molar-refractivity contribution < 1.29 is 4.74 Å². The molecule has 3 atom stereocenters. The summed E-state index contributed by atoms with van der Waals surface area (Å²) in [7, 11) is 0. The van der Waals surface area contributed by atoms with Crippen LogP contribution >= 0.6 is 0 Å². The van der Waals surface area contributed by atoms with E-state index < -0.39 is 0 Å². The number of hydrogen-bond acceptors (Lipinski definition) is 2. The van der Waals surface area contributed by atoms with E-state index in [1.165, 1.54) is 64.2 Å². The zero-order valence-corrected chi connectivity index (χ0v) is 11.9. The molecular weight excluding hydrogens is 222 g/mol. The van der Waals surface area contributed by atoms with Crippen molar-refractivity contribution >= 4 is 0 Å². The number of hydrogen-bond donors (Lipinski definition) is 1. The molecule has 2 heteroatoms. The Hall–Kier alpha value is -0.0800. The van der Waals surface area contributed by atoms with Crippen LogP contribution < -0.4 is 5.32 Å². The summed E-state index contributed by atoms with van der Waals surface area (Å²) in [5.74, 6) is 0.930. The van der Waals surface area contributed by atoms with Gasteiger partial charge in [-0.15, -0.1) is 0 Å². The summed E-state index contributed by atoms with van der Waals surface area (Å²) in [5, 5.41) is 4.00. The van der Waals surface area contributed by atoms with Gasteiger partial charge < -0.3 is 10.1 Å². The first-order chi connectivity index (χ1) is 8.81. The number of rotatable bonds is 3. The predicted octanol–water partition coefficient (Wildman–Crippen LogP) is 3.65. The van der Waals surface area contributed by atoms with Gasteiger partial charge in [0.25, 0.3) is 0 Å². The minimum absolute atomic E-state index is 0.298. The smallest absolute Gasteiger partial charge is 0.0697 e. The van der Waals surface area contributed by atoms with E-state index in [0.29, 0.717) is 5.60 Å². The van der Waals surface area contributed by atoms with Gasteiger partial charge in [-0.05, 0) is 50.9 Å². The molecule has 0 aromatic carbocycles. The van der Waals surface area contributed by atoms with Gasteiger partial charge in [-0.3, -0.25) is 0 Å². The lowest BCUT2D eigenvalue weighted by Crippen LogP contribution is -2.54. The van der Waals surface area contributed by atoms with Crippen LogP contribution in [0, 0.1) is 5.92 Å². The lowest BCUT2D eigenvalue weighted by molar-refractivity contribution is -0.137. The van der Waals surface area contributed by atoms with Crippen molar-refractivity contribution in [2.45, 2.75) is 88.8 Å². The molecule has 1 N–H and O–H groups in total. The lowest BCUT2D eigenvalue weighted by atomic mass is 9.73. The fraction of sp³-hybridized carbons (Fsp3) is 1.00. The van der Waals surface area contributed by atoms with Gasteiger partial charge in [0.05, 0.1) is 5.60 Å². The predicted molar refractivity (Wildman–Crippen MR) is 74.7 cm³/mol. The van der Waals surface area contributed by atoms with Crippen LogP contribution in [0.25, 0.3) is 0 Å². The average molecular weight is 251 g/mol. The molecule has 3 aliphatic rings. The van der Waals surface area contributed by atoms with Crippen molar-refractivity contribution in [2.75, 3.05) is 6.61 Å². The highest BCUT2D eigenvalue weighted by molar-refractivity contribution is 4.97. The van der Waals surface area contributed by atoms with Crippen LogP contribution in [0.15, 0.2) is 0 Å². The molecule has 0 radical (unpaired) electrons. The Balaban J connectivity index is 1.54. The summed E-state index contributed by atoms with van der Waals surface area (Å²) in [6.45, 7) is 3.35. The largest absolute Gasteiger partial charge is 0.375 e. The third kappa shape index (κ3) is 2.60. The summed E-state index contributed by atoms with van der Waals surface area (Å²) in [5.41, 5.74) is 0.298. The third-order valence-corrected chi connectivity index (χ3v) is 5.64. The first-order valence-corrected chi connectivity index (χ1v) is 8.21. The Morgan fingerprint density at radius 1 is 1.11 bits per heavy atom. The van der Waals surface area contributed by atoms with Gasteiger partial charge in [-0.2, -0.15) is 0 Å². The van der Waals surface area contributed by atoms with Crippen molar-refractivity contribution in [1.29, 1.82) is 0 Å². The molecule has 3 rings (SSSR count). The zero-order valence-electron chi connectivity index (χ0n) is 11.9. The molecule has 2 aliphatic carbocycles. The molecule has 1 aliphatic heterocycles. The van der Waals surface area contributed by atoms with Crippen molar-refractivity contribution in [3.63, 3.8) is 0 Å². The minimum atomic E-state index is 0.298. The summed E-state index contributed by atoms with van der Waals surface area (Å²) in [4.78, 5) is 0. The standard InChI is InChI=1S/C16H29NO/c1-2-13-6-3-4-7-15(13)17-14-8-11-18-16(12-14)9-5-10-16/h13-15,17H,2-12H2,1H3. The van der Waals surface area contributed by atoms with E-state index >= 15 is 0 Å². The summed E-state index contributed by atoms with van der Waals surface area (Å²) in [6, 6.07) is 1.53. The molecule has 1 heterocycles. The Labute approximate surface area is 112 Å². The van der Waals surface area contributed by atoms with Crippen LogP contribution in [0.3, 0.4) is 0 Å². The van der Waals surface area contributed by atoms with E-state index in [0.717, 1.165) is 24.6 Å². The van der Waals surface area contributed by atoms with E-state index in [2.05, 4.69) is 12.2 Å². The molecule has 18 heavy (non-hydrogen) atoms. The molecule has 3 fully saturated rings. The fourth-order valence-corrected chi connectivity index (χ4v) is 4.31. The third-order valence-electron chi connectivity index (χ3n) is 5.64. The van der Waals surface area contributed by atoms with Crippen LogP contribution in [0.2, 0.25) is 0 Å². The number of nitrogens with one attached hydrogen (secondary N) is 1. The molecule has 0 aromatic heterocycles. The van der Waals surface area contributed by atoms with Crippen molar-refractivity contribution in [3.8, 4) is 0 Å². The minimum Gasteiger partial charge on any atom is -0.375 e. The van der Waals surface area contributed by atoms with E-state index in [9.17, 15) is 0 Å². The van der Waals surface area contributed by atoms with Gasteiger partial charge in [0.1, 0.15) is 0 Å². The summed E-state index contributed by atoms with van der Waals surface area (Å²) >= 11 is 0. The maximum Gasteiger partial charge on any atom is 0.0697 e.